The summed E-state index contributed by atoms with van der Waals surface area (Å²) in [5.74, 6) is -0.445. The Labute approximate surface area is 256 Å². The summed E-state index contributed by atoms with van der Waals surface area (Å²) >= 11 is 0. The van der Waals surface area contributed by atoms with Gasteiger partial charge in [-0.3, -0.25) is 4.57 Å². The molecule has 2 unspecified atom stereocenters. The van der Waals surface area contributed by atoms with E-state index in [9.17, 15) is 9.46 Å². The lowest BCUT2D eigenvalue weighted by Gasteiger charge is -2.36. The van der Waals surface area contributed by atoms with Crippen LogP contribution < -0.4 is 0 Å². The van der Waals surface area contributed by atoms with Crippen molar-refractivity contribution < 1.29 is 27.9 Å². The summed E-state index contributed by atoms with van der Waals surface area (Å²) in [5, 5.41) is 0. The van der Waals surface area contributed by atoms with Gasteiger partial charge in [-0.25, -0.2) is 0 Å². The summed E-state index contributed by atoms with van der Waals surface area (Å²) in [5.41, 5.74) is 0. The Morgan fingerprint density at radius 2 is 1.15 bits per heavy atom. The fourth-order valence-corrected chi connectivity index (χ4v) is 7.27. The van der Waals surface area contributed by atoms with Crippen molar-refractivity contribution in [2.75, 3.05) is 48.1 Å². The zero-order valence-electron chi connectivity index (χ0n) is 28.3. The van der Waals surface area contributed by atoms with Gasteiger partial charge in [0, 0.05) is 20.1 Å². The minimum Gasteiger partial charge on any atom is -0.379 e. The lowest BCUT2D eigenvalue weighted by Crippen LogP contribution is -2.45. The molecule has 0 heterocycles. The molecule has 0 rings (SSSR count). The van der Waals surface area contributed by atoms with Crippen molar-refractivity contribution in [1.82, 2.24) is 0 Å². The van der Waals surface area contributed by atoms with Crippen LogP contribution in [0.2, 0.25) is 0 Å². The van der Waals surface area contributed by atoms with E-state index in [1.807, 2.05) is 28.1 Å². The highest BCUT2D eigenvalue weighted by Crippen LogP contribution is 2.51. The monoisotopic (exact) mass is 605 g/mol. The highest BCUT2D eigenvalue weighted by atomic mass is 31.2. The number of quaternary nitrogens is 1. The van der Waals surface area contributed by atoms with Crippen LogP contribution in [0.3, 0.4) is 0 Å². The van der Waals surface area contributed by atoms with Gasteiger partial charge in [-0.2, -0.15) is 0 Å². The molecule has 0 aliphatic heterocycles. The Bertz CT molecular complexity index is 637. The average molecular weight is 605 g/mol. The third-order valence-corrected chi connectivity index (χ3v) is 10.2. The first-order valence-corrected chi connectivity index (χ1v) is 18.9. The number of methoxy groups -OCH3 is 1. The van der Waals surface area contributed by atoms with Crippen LogP contribution in [0.1, 0.15) is 149 Å². The van der Waals surface area contributed by atoms with Gasteiger partial charge in [0.15, 0.2) is 5.78 Å². The van der Waals surface area contributed by atoms with Gasteiger partial charge in [0.1, 0.15) is 6.10 Å². The van der Waals surface area contributed by atoms with E-state index in [4.69, 9.17) is 14.0 Å². The minimum atomic E-state index is -3.76. The van der Waals surface area contributed by atoms with Crippen molar-refractivity contribution in [2.45, 2.75) is 161 Å². The van der Waals surface area contributed by atoms with E-state index in [1.54, 1.807) is 7.11 Å². The van der Waals surface area contributed by atoms with Crippen LogP contribution in [0.15, 0.2) is 12.2 Å². The molecule has 0 aromatic carbocycles. The van der Waals surface area contributed by atoms with Crippen molar-refractivity contribution in [3.63, 3.8) is 0 Å². The maximum absolute atomic E-state index is 12.9. The predicted octanol–water partition coefficient (Wildman–Crippen LogP) is 10.0. The Hall–Kier alpha value is -0.230. The maximum atomic E-state index is 12.9. The molecule has 246 valence electrons. The molecule has 0 bridgehead atoms. The molecule has 0 saturated heterocycles. The number of unbranched alkanes of at least 4 members (excludes halogenated alkanes) is 17. The molecule has 41 heavy (non-hydrogen) atoms. The van der Waals surface area contributed by atoms with Crippen LogP contribution in [-0.4, -0.2) is 69.3 Å². The number of rotatable bonds is 31. The average Bonchev–Trinajstić information content (AvgIpc) is 2.93. The van der Waals surface area contributed by atoms with Gasteiger partial charge in [-0.15, -0.1) is 0 Å². The van der Waals surface area contributed by atoms with Gasteiger partial charge in [0.2, 0.25) is 0 Å². The highest BCUT2D eigenvalue weighted by molar-refractivity contribution is 7.53. The molecule has 0 aliphatic carbocycles. The summed E-state index contributed by atoms with van der Waals surface area (Å²) in [7, 11) is 3.62. The van der Waals surface area contributed by atoms with E-state index >= 15 is 0 Å². The Kier molecular flexibility index (Phi) is 27.2. The van der Waals surface area contributed by atoms with Crippen LogP contribution >= 0.6 is 7.60 Å². The summed E-state index contributed by atoms with van der Waals surface area (Å²) in [6, 6.07) is 0. The standard InChI is InChI=1S/C34H70NO5P/c1-7-9-10-11-12-13-14-15-16-17-18-19-20-21-22-23-24-25-26-27-28-30-39-31-33(38-6)32-40-41(36,37)34(29-8-2)35(3,4)5/h23-24,33-34H,7-22,25-32H2,1-6H3/p+1/b24-23-/t33-,34?/m1/s1. The Morgan fingerprint density at radius 3 is 1.59 bits per heavy atom. The number of hydrogen-bond acceptors (Lipinski definition) is 4. The number of hydrogen-bond donors (Lipinski definition) is 1. The van der Waals surface area contributed by atoms with E-state index in [2.05, 4.69) is 19.1 Å². The van der Waals surface area contributed by atoms with Crippen molar-refractivity contribution in [2.24, 2.45) is 0 Å². The van der Waals surface area contributed by atoms with Crippen LogP contribution in [0.25, 0.3) is 0 Å². The second-order valence-electron chi connectivity index (χ2n) is 12.9. The fourth-order valence-electron chi connectivity index (χ4n) is 5.26. The van der Waals surface area contributed by atoms with Gasteiger partial charge >= 0.3 is 7.60 Å². The van der Waals surface area contributed by atoms with E-state index in [1.165, 1.54) is 103 Å². The van der Waals surface area contributed by atoms with Crippen LogP contribution in [-0.2, 0) is 18.6 Å². The van der Waals surface area contributed by atoms with Crippen molar-refractivity contribution in [3.05, 3.63) is 12.2 Å². The van der Waals surface area contributed by atoms with Gasteiger partial charge in [0.25, 0.3) is 0 Å². The molecule has 0 amide bonds. The third-order valence-electron chi connectivity index (χ3n) is 7.95. The Morgan fingerprint density at radius 1 is 0.683 bits per heavy atom. The van der Waals surface area contributed by atoms with Crippen molar-refractivity contribution >= 4 is 7.60 Å². The predicted molar refractivity (Wildman–Crippen MR) is 177 cm³/mol. The topological polar surface area (TPSA) is 65.0 Å². The lowest BCUT2D eigenvalue weighted by molar-refractivity contribution is -0.883. The molecule has 1 N–H and O–H groups in total. The number of nitrogens with zero attached hydrogens (tertiary/aromatic N) is 1. The molecule has 0 saturated carbocycles. The molecule has 0 aromatic rings. The van der Waals surface area contributed by atoms with Gasteiger partial charge in [-0.1, -0.05) is 116 Å². The van der Waals surface area contributed by atoms with Crippen molar-refractivity contribution in [1.29, 1.82) is 0 Å². The summed E-state index contributed by atoms with van der Waals surface area (Å²) in [6.07, 6.45) is 31.4. The fraction of sp³-hybridized carbons (Fsp3) is 0.941. The highest BCUT2D eigenvalue weighted by Gasteiger charge is 2.42. The van der Waals surface area contributed by atoms with E-state index in [-0.39, 0.29) is 12.7 Å². The van der Waals surface area contributed by atoms with Crippen LogP contribution in [0.5, 0.6) is 0 Å². The summed E-state index contributed by atoms with van der Waals surface area (Å²) < 4.78 is 30.0. The SMILES string of the molecule is CCCCCCCCCCCCCCCC/C=C\CCCCCOC[C@H](COP(=O)(O)C(CCC)[N+](C)(C)C)OC. The molecule has 0 aromatic heterocycles. The van der Waals surface area contributed by atoms with Crippen LogP contribution in [0.4, 0.5) is 0 Å². The smallest absolute Gasteiger partial charge is 0.379 e. The summed E-state index contributed by atoms with van der Waals surface area (Å²) in [6.45, 7) is 5.42. The lowest BCUT2D eigenvalue weighted by atomic mass is 10.0. The second-order valence-corrected chi connectivity index (χ2v) is 14.9. The first kappa shape index (κ1) is 40.8. The molecular weight excluding hydrogens is 533 g/mol. The van der Waals surface area contributed by atoms with Gasteiger partial charge in [0.05, 0.1) is 34.4 Å². The molecule has 3 atom stereocenters. The molecule has 0 radical (unpaired) electrons. The normalized spacial score (nSPS) is 15.4. The molecule has 0 aliphatic rings. The summed E-state index contributed by atoms with van der Waals surface area (Å²) in [4.78, 5) is 10.6. The maximum Gasteiger partial charge on any atom is 0.385 e. The zero-order chi connectivity index (χ0) is 30.7. The van der Waals surface area contributed by atoms with Gasteiger partial charge < -0.3 is 23.4 Å². The van der Waals surface area contributed by atoms with Crippen LogP contribution in [0, 0.1) is 0 Å². The number of ether oxygens (including phenoxy) is 2. The minimum absolute atomic E-state index is 0.0641. The van der Waals surface area contributed by atoms with Gasteiger partial charge in [-0.05, 0) is 38.5 Å². The molecule has 6 nitrogen and oxygen atoms in total. The third kappa shape index (κ3) is 24.9. The Balaban J connectivity index is 3.62. The quantitative estimate of drug-likeness (QED) is 0.0369. The second kappa shape index (κ2) is 27.3. The number of allylic oxidation sites excluding steroid dienone is 2. The van der Waals surface area contributed by atoms with Crippen molar-refractivity contribution in [3.8, 4) is 0 Å². The largest absolute Gasteiger partial charge is 0.385 e. The van der Waals surface area contributed by atoms with E-state index in [0.29, 0.717) is 24.1 Å². The zero-order valence-corrected chi connectivity index (χ0v) is 29.1. The van der Waals surface area contributed by atoms with E-state index < -0.39 is 13.4 Å². The molecular formula is C34H71NO5P+. The van der Waals surface area contributed by atoms with E-state index in [0.717, 1.165) is 25.7 Å². The molecule has 7 heteroatoms. The first-order valence-electron chi connectivity index (χ1n) is 17.2. The first-order chi connectivity index (χ1) is 19.7. The molecule has 0 fully saturated rings. The molecule has 0 spiro atoms.